The van der Waals surface area contributed by atoms with Crippen molar-refractivity contribution in [3.63, 3.8) is 0 Å². The highest BCUT2D eigenvalue weighted by Gasteiger charge is 2.22. The highest BCUT2D eigenvalue weighted by atomic mass is 32.1. The summed E-state index contributed by atoms with van der Waals surface area (Å²) in [5.74, 6) is 0. The predicted molar refractivity (Wildman–Crippen MR) is 74.0 cm³/mol. The molecule has 0 aromatic carbocycles. The molecule has 0 unspecified atom stereocenters. The van der Waals surface area contributed by atoms with E-state index in [1.807, 2.05) is 6.08 Å². The highest BCUT2D eigenvalue weighted by molar-refractivity contribution is 7.10. The minimum absolute atomic E-state index is 0.214. The zero-order valence-electron chi connectivity index (χ0n) is 10.8. The van der Waals surface area contributed by atoms with E-state index in [4.69, 9.17) is 0 Å². The molecule has 0 bridgehead atoms. The van der Waals surface area contributed by atoms with Crippen LogP contribution in [0.25, 0.3) is 6.08 Å². The molecule has 0 saturated heterocycles. The molecule has 1 rings (SSSR count). The number of hydrogen-bond donors (Lipinski definition) is 0. The van der Waals surface area contributed by atoms with Crippen LogP contribution >= 0.6 is 11.3 Å². The van der Waals surface area contributed by atoms with Crippen LogP contribution in [0.2, 0.25) is 0 Å². The lowest BCUT2D eigenvalue weighted by Gasteiger charge is -2.22. The first kappa shape index (κ1) is 13.4. The van der Waals surface area contributed by atoms with Gasteiger partial charge in [-0.25, -0.2) is 4.98 Å². The molecule has 1 nitrogen and oxygen atoms in total. The van der Waals surface area contributed by atoms with E-state index in [9.17, 15) is 0 Å². The quantitative estimate of drug-likeness (QED) is 0.606. The molecule has 0 atom stereocenters. The van der Waals surface area contributed by atoms with Gasteiger partial charge < -0.3 is 0 Å². The van der Waals surface area contributed by atoms with Gasteiger partial charge in [0, 0.05) is 10.8 Å². The average Bonchev–Trinajstić information content (AvgIpc) is 2.73. The Morgan fingerprint density at radius 3 is 2.69 bits per heavy atom. The van der Waals surface area contributed by atoms with Gasteiger partial charge in [0.05, 0.1) is 5.69 Å². The third-order valence-electron chi connectivity index (χ3n) is 3.05. The number of hydrogen-bond acceptors (Lipinski definition) is 2. The summed E-state index contributed by atoms with van der Waals surface area (Å²) in [5.41, 5.74) is 1.44. The van der Waals surface area contributed by atoms with Crippen LogP contribution in [0.5, 0.6) is 0 Å². The Hall–Kier alpha value is -0.630. The van der Waals surface area contributed by atoms with Crippen molar-refractivity contribution < 1.29 is 0 Å². The molecule has 90 valence electrons. The fraction of sp³-hybridized carbons (Fsp3) is 0.643. The fourth-order valence-corrected chi connectivity index (χ4v) is 2.67. The monoisotopic (exact) mass is 237 g/mol. The van der Waals surface area contributed by atoms with Gasteiger partial charge in [0.1, 0.15) is 5.01 Å². The van der Waals surface area contributed by atoms with Gasteiger partial charge in [0.2, 0.25) is 0 Å². The minimum atomic E-state index is 0.214. The highest BCUT2D eigenvalue weighted by Crippen LogP contribution is 2.30. The standard InChI is InChI=1S/C14H23NS/c1-5-7-8-9-10-14(3,4)12-11-16-13(6-2)15-12/h6,11H,2,5,7-10H2,1,3-4H3. The molecule has 0 aliphatic rings. The SMILES string of the molecule is C=Cc1nc(C(C)(C)CCCCCC)cs1. The van der Waals surface area contributed by atoms with Crippen LogP contribution in [-0.2, 0) is 5.41 Å². The Balaban J connectivity index is 2.51. The van der Waals surface area contributed by atoms with Gasteiger partial charge in [-0.3, -0.25) is 0 Å². The molecule has 0 aliphatic carbocycles. The maximum atomic E-state index is 4.60. The summed E-state index contributed by atoms with van der Waals surface area (Å²) >= 11 is 1.69. The minimum Gasteiger partial charge on any atom is -0.241 e. The Morgan fingerprint density at radius 2 is 2.12 bits per heavy atom. The van der Waals surface area contributed by atoms with Gasteiger partial charge in [0.25, 0.3) is 0 Å². The predicted octanol–water partition coefficient (Wildman–Crippen LogP) is 5.03. The van der Waals surface area contributed by atoms with Crippen LogP contribution in [0.3, 0.4) is 0 Å². The van der Waals surface area contributed by atoms with E-state index >= 15 is 0 Å². The van der Waals surface area contributed by atoms with Crippen molar-refractivity contribution in [2.75, 3.05) is 0 Å². The molecule has 0 radical (unpaired) electrons. The van der Waals surface area contributed by atoms with Gasteiger partial charge in [-0.05, 0) is 12.5 Å². The number of nitrogens with zero attached hydrogens (tertiary/aromatic N) is 1. The van der Waals surface area contributed by atoms with E-state index in [2.05, 4.69) is 37.7 Å². The lowest BCUT2D eigenvalue weighted by atomic mass is 9.84. The summed E-state index contributed by atoms with van der Waals surface area (Å²) < 4.78 is 0. The van der Waals surface area contributed by atoms with Gasteiger partial charge in [-0.15, -0.1) is 11.3 Å². The smallest absolute Gasteiger partial charge is 0.115 e. The van der Waals surface area contributed by atoms with E-state index in [0.717, 1.165) is 5.01 Å². The Morgan fingerprint density at radius 1 is 1.38 bits per heavy atom. The fourth-order valence-electron chi connectivity index (χ4n) is 1.81. The summed E-state index contributed by atoms with van der Waals surface area (Å²) in [4.78, 5) is 4.60. The van der Waals surface area contributed by atoms with Crippen molar-refractivity contribution in [3.05, 3.63) is 22.7 Å². The molecule has 1 aromatic rings. The van der Waals surface area contributed by atoms with Crippen LogP contribution in [0.1, 0.15) is 63.6 Å². The third kappa shape index (κ3) is 3.75. The second kappa shape index (κ2) is 6.19. The van der Waals surface area contributed by atoms with E-state index in [0.29, 0.717) is 0 Å². The molecule has 0 saturated carbocycles. The molecule has 16 heavy (non-hydrogen) atoms. The molecule has 0 spiro atoms. The first-order valence-electron chi connectivity index (χ1n) is 6.18. The number of aromatic nitrogens is 1. The van der Waals surface area contributed by atoms with E-state index in [1.165, 1.54) is 37.8 Å². The largest absolute Gasteiger partial charge is 0.241 e. The number of unbranched alkanes of at least 4 members (excludes halogenated alkanes) is 3. The van der Waals surface area contributed by atoms with Crippen molar-refractivity contribution in [2.24, 2.45) is 0 Å². The molecular formula is C14H23NS. The maximum absolute atomic E-state index is 4.60. The Kier molecular flexibility index (Phi) is 5.20. The Labute approximate surface area is 104 Å². The maximum Gasteiger partial charge on any atom is 0.115 e. The second-order valence-corrected chi connectivity index (χ2v) is 5.86. The topological polar surface area (TPSA) is 12.9 Å². The van der Waals surface area contributed by atoms with Crippen molar-refractivity contribution in [1.29, 1.82) is 0 Å². The van der Waals surface area contributed by atoms with Gasteiger partial charge in [0.15, 0.2) is 0 Å². The number of rotatable bonds is 7. The molecular weight excluding hydrogens is 214 g/mol. The van der Waals surface area contributed by atoms with Crippen LogP contribution in [-0.4, -0.2) is 4.98 Å². The summed E-state index contributed by atoms with van der Waals surface area (Å²) in [5, 5.41) is 3.22. The van der Waals surface area contributed by atoms with Crippen LogP contribution in [0.4, 0.5) is 0 Å². The summed E-state index contributed by atoms with van der Waals surface area (Å²) in [6.07, 6.45) is 8.37. The first-order chi connectivity index (χ1) is 7.60. The van der Waals surface area contributed by atoms with E-state index in [1.54, 1.807) is 11.3 Å². The molecule has 0 fully saturated rings. The lowest BCUT2D eigenvalue weighted by Crippen LogP contribution is -2.17. The van der Waals surface area contributed by atoms with Crippen LogP contribution in [0, 0.1) is 0 Å². The zero-order valence-corrected chi connectivity index (χ0v) is 11.6. The normalized spacial score (nSPS) is 11.7. The van der Waals surface area contributed by atoms with Gasteiger partial charge in [-0.2, -0.15) is 0 Å². The second-order valence-electron chi connectivity index (χ2n) is 4.97. The molecule has 1 aromatic heterocycles. The van der Waals surface area contributed by atoms with Crippen molar-refractivity contribution in [3.8, 4) is 0 Å². The molecule has 2 heteroatoms. The number of thiazole rings is 1. The molecule has 1 heterocycles. The van der Waals surface area contributed by atoms with Crippen LogP contribution in [0.15, 0.2) is 12.0 Å². The summed E-state index contributed by atoms with van der Waals surface area (Å²) in [6.45, 7) is 10.6. The van der Waals surface area contributed by atoms with E-state index in [-0.39, 0.29) is 5.41 Å². The molecule has 0 amide bonds. The van der Waals surface area contributed by atoms with Crippen molar-refractivity contribution >= 4 is 17.4 Å². The molecule has 0 N–H and O–H groups in total. The summed E-state index contributed by atoms with van der Waals surface area (Å²) in [6, 6.07) is 0. The zero-order chi connectivity index (χ0) is 12.0. The van der Waals surface area contributed by atoms with Crippen molar-refractivity contribution in [1.82, 2.24) is 4.98 Å². The first-order valence-corrected chi connectivity index (χ1v) is 7.06. The van der Waals surface area contributed by atoms with E-state index < -0.39 is 0 Å². The average molecular weight is 237 g/mol. The van der Waals surface area contributed by atoms with Crippen molar-refractivity contribution in [2.45, 2.75) is 58.3 Å². The van der Waals surface area contributed by atoms with Crippen LogP contribution < -0.4 is 0 Å². The van der Waals surface area contributed by atoms with Gasteiger partial charge in [-0.1, -0.05) is 53.0 Å². The lowest BCUT2D eigenvalue weighted by molar-refractivity contribution is 0.437. The summed E-state index contributed by atoms with van der Waals surface area (Å²) in [7, 11) is 0. The van der Waals surface area contributed by atoms with Gasteiger partial charge >= 0.3 is 0 Å². The molecule has 0 aliphatic heterocycles. The third-order valence-corrected chi connectivity index (χ3v) is 3.89. The Bertz CT molecular complexity index is 325.